The summed E-state index contributed by atoms with van der Waals surface area (Å²) in [4.78, 5) is 14.5. The highest BCUT2D eigenvalue weighted by Crippen LogP contribution is 2.21. The molecule has 0 spiro atoms. The second kappa shape index (κ2) is 7.28. The molecule has 0 radical (unpaired) electrons. The number of nitrogens with one attached hydrogen (secondary N) is 1. The van der Waals surface area contributed by atoms with Gasteiger partial charge in [0, 0.05) is 18.1 Å². The molecule has 3 unspecified atom stereocenters. The van der Waals surface area contributed by atoms with Crippen molar-refractivity contribution < 1.29 is 4.79 Å². The number of likely N-dealkylation sites (tertiary alicyclic amines) is 1. The number of hydrogen-bond acceptors (Lipinski definition) is 2. The fraction of sp³-hybridized carbons (Fsp3) is 0.588. The molecule has 4 heteroatoms. The zero-order chi connectivity index (χ0) is 15.4. The summed E-state index contributed by atoms with van der Waals surface area (Å²) < 4.78 is 0. The monoisotopic (exact) mass is 308 g/mol. The molecule has 3 atom stereocenters. The first-order valence-electron chi connectivity index (χ1n) is 7.71. The van der Waals surface area contributed by atoms with E-state index in [-0.39, 0.29) is 11.9 Å². The van der Waals surface area contributed by atoms with Crippen LogP contribution in [-0.4, -0.2) is 30.4 Å². The molecular weight excluding hydrogens is 284 g/mol. The van der Waals surface area contributed by atoms with Gasteiger partial charge in [0.15, 0.2) is 0 Å². The lowest BCUT2D eigenvalue weighted by Gasteiger charge is -2.34. The fourth-order valence-corrected chi connectivity index (χ4v) is 3.37. The molecule has 1 N–H and O–H groups in total. The van der Waals surface area contributed by atoms with Crippen molar-refractivity contribution in [1.82, 2.24) is 10.2 Å². The smallest absolute Gasteiger partial charge is 0.234 e. The molecule has 1 aromatic carbocycles. The third kappa shape index (κ3) is 5.01. The lowest BCUT2D eigenvalue weighted by Crippen LogP contribution is -2.44. The maximum absolute atomic E-state index is 12.2. The van der Waals surface area contributed by atoms with E-state index in [0.29, 0.717) is 23.4 Å². The zero-order valence-corrected chi connectivity index (χ0v) is 13.9. The number of piperidine rings is 1. The van der Waals surface area contributed by atoms with Gasteiger partial charge < -0.3 is 5.32 Å². The summed E-state index contributed by atoms with van der Waals surface area (Å²) in [5.74, 6) is 1.45. The van der Waals surface area contributed by atoms with Crippen LogP contribution in [0.4, 0.5) is 0 Å². The predicted octanol–water partition coefficient (Wildman–Crippen LogP) is 3.50. The van der Waals surface area contributed by atoms with E-state index in [1.807, 2.05) is 31.2 Å². The van der Waals surface area contributed by atoms with Crippen LogP contribution in [0, 0.1) is 11.8 Å². The van der Waals surface area contributed by atoms with Gasteiger partial charge in [-0.15, -0.1) is 0 Å². The number of hydrogen-bond donors (Lipinski definition) is 1. The number of carbonyl (C=O) groups excluding carboxylic acids is 1. The molecule has 0 saturated carbocycles. The molecule has 1 aliphatic heterocycles. The number of halogens is 1. The zero-order valence-electron chi connectivity index (χ0n) is 13.1. The van der Waals surface area contributed by atoms with Gasteiger partial charge in [0.25, 0.3) is 0 Å². The maximum atomic E-state index is 12.2. The van der Waals surface area contributed by atoms with Gasteiger partial charge in [-0.2, -0.15) is 0 Å². The van der Waals surface area contributed by atoms with Gasteiger partial charge in [-0.25, -0.2) is 0 Å². The number of carbonyl (C=O) groups is 1. The molecule has 0 aliphatic carbocycles. The largest absolute Gasteiger partial charge is 0.348 e. The average molecular weight is 309 g/mol. The van der Waals surface area contributed by atoms with E-state index in [2.05, 4.69) is 24.1 Å². The Morgan fingerprint density at radius 1 is 1.29 bits per heavy atom. The minimum atomic E-state index is 0.00871. The number of nitrogens with zero attached hydrogens (tertiary/aromatic N) is 1. The molecule has 0 aromatic heterocycles. The highest BCUT2D eigenvalue weighted by atomic mass is 35.5. The van der Waals surface area contributed by atoms with Crippen molar-refractivity contribution >= 4 is 17.5 Å². The number of benzene rings is 1. The van der Waals surface area contributed by atoms with Crippen molar-refractivity contribution in [2.75, 3.05) is 19.6 Å². The first kappa shape index (κ1) is 16.3. The average Bonchev–Trinajstić information content (AvgIpc) is 2.37. The first-order valence-corrected chi connectivity index (χ1v) is 8.09. The Morgan fingerprint density at radius 2 is 1.86 bits per heavy atom. The number of rotatable bonds is 4. The van der Waals surface area contributed by atoms with Crippen molar-refractivity contribution in [3.8, 4) is 0 Å². The predicted molar refractivity (Wildman–Crippen MR) is 87.4 cm³/mol. The van der Waals surface area contributed by atoms with Crippen molar-refractivity contribution in [2.24, 2.45) is 11.8 Å². The van der Waals surface area contributed by atoms with Gasteiger partial charge in [0.1, 0.15) is 0 Å². The lowest BCUT2D eigenvalue weighted by molar-refractivity contribution is -0.123. The van der Waals surface area contributed by atoms with Gasteiger partial charge >= 0.3 is 0 Å². The topological polar surface area (TPSA) is 32.3 Å². The van der Waals surface area contributed by atoms with E-state index in [9.17, 15) is 4.79 Å². The van der Waals surface area contributed by atoms with Crippen LogP contribution in [0.15, 0.2) is 24.3 Å². The lowest BCUT2D eigenvalue weighted by atomic mass is 9.92. The van der Waals surface area contributed by atoms with Crippen LogP contribution < -0.4 is 5.32 Å². The van der Waals surface area contributed by atoms with E-state index < -0.39 is 0 Å². The van der Waals surface area contributed by atoms with Crippen molar-refractivity contribution in [1.29, 1.82) is 0 Å². The Morgan fingerprint density at radius 3 is 2.43 bits per heavy atom. The van der Waals surface area contributed by atoms with Crippen LogP contribution in [0.3, 0.4) is 0 Å². The molecule has 116 valence electrons. The van der Waals surface area contributed by atoms with E-state index in [0.717, 1.165) is 18.7 Å². The van der Waals surface area contributed by atoms with Gasteiger partial charge in [-0.1, -0.05) is 37.6 Å². The molecule has 1 aliphatic rings. The quantitative estimate of drug-likeness (QED) is 0.923. The Labute approximate surface area is 132 Å². The third-order valence-electron chi connectivity index (χ3n) is 4.06. The summed E-state index contributed by atoms with van der Waals surface area (Å²) in [5, 5.41) is 3.79. The second-order valence-corrected chi connectivity index (χ2v) is 6.92. The second-order valence-electron chi connectivity index (χ2n) is 6.48. The maximum Gasteiger partial charge on any atom is 0.234 e. The van der Waals surface area contributed by atoms with Crippen molar-refractivity contribution in [3.63, 3.8) is 0 Å². The number of amides is 1. The molecular formula is C17H25ClN2O. The Bertz CT molecular complexity index is 464. The van der Waals surface area contributed by atoms with Crippen molar-refractivity contribution in [3.05, 3.63) is 34.9 Å². The van der Waals surface area contributed by atoms with E-state index in [1.165, 1.54) is 6.42 Å². The van der Waals surface area contributed by atoms with Crippen LogP contribution in [0.5, 0.6) is 0 Å². The summed E-state index contributed by atoms with van der Waals surface area (Å²) in [6.45, 7) is 9.06. The molecule has 1 fully saturated rings. The molecule has 2 rings (SSSR count). The van der Waals surface area contributed by atoms with Crippen molar-refractivity contribution in [2.45, 2.75) is 33.2 Å². The standard InChI is InChI=1S/C17H25ClN2O/c1-12-8-13(2)10-20(9-12)11-17(21)19-14(3)15-4-6-16(18)7-5-15/h4-7,12-14H,8-11H2,1-3H3,(H,19,21). The molecule has 3 nitrogen and oxygen atoms in total. The van der Waals surface area contributed by atoms with Gasteiger partial charge in [0.05, 0.1) is 12.6 Å². The molecule has 0 bridgehead atoms. The fourth-order valence-electron chi connectivity index (χ4n) is 3.25. The first-order chi connectivity index (χ1) is 9.94. The Kier molecular flexibility index (Phi) is 5.65. The minimum absolute atomic E-state index is 0.00871. The Balaban J connectivity index is 1.85. The highest BCUT2D eigenvalue weighted by Gasteiger charge is 2.23. The minimum Gasteiger partial charge on any atom is -0.348 e. The van der Waals surface area contributed by atoms with E-state index in [4.69, 9.17) is 11.6 Å². The normalized spacial score (nSPS) is 24.6. The summed E-state index contributed by atoms with van der Waals surface area (Å²) in [6, 6.07) is 7.63. The molecule has 1 amide bonds. The van der Waals surface area contributed by atoms with Gasteiger partial charge in [-0.05, 0) is 42.9 Å². The summed E-state index contributed by atoms with van der Waals surface area (Å²) in [7, 11) is 0. The Hall–Kier alpha value is -1.06. The van der Waals surface area contributed by atoms with Gasteiger partial charge in [-0.3, -0.25) is 9.69 Å². The van der Waals surface area contributed by atoms with E-state index in [1.54, 1.807) is 0 Å². The van der Waals surface area contributed by atoms with Gasteiger partial charge in [0.2, 0.25) is 5.91 Å². The molecule has 1 saturated heterocycles. The third-order valence-corrected chi connectivity index (χ3v) is 4.31. The summed E-state index contributed by atoms with van der Waals surface area (Å²) >= 11 is 5.88. The SMILES string of the molecule is CC1CC(C)CN(CC(=O)NC(C)c2ccc(Cl)cc2)C1. The summed E-state index contributed by atoms with van der Waals surface area (Å²) in [6.07, 6.45) is 1.26. The van der Waals surface area contributed by atoms with Crippen LogP contribution in [0.1, 0.15) is 38.8 Å². The van der Waals surface area contributed by atoms with Crippen LogP contribution in [0.2, 0.25) is 5.02 Å². The van der Waals surface area contributed by atoms with Crippen LogP contribution >= 0.6 is 11.6 Å². The molecule has 21 heavy (non-hydrogen) atoms. The van der Waals surface area contributed by atoms with Crippen LogP contribution in [0.25, 0.3) is 0 Å². The highest BCUT2D eigenvalue weighted by molar-refractivity contribution is 6.30. The van der Waals surface area contributed by atoms with E-state index >= 15 is 0 Å². The van der Waals surface area contributed by atoms with Crippen LogP contribution in [-0.2, 0) is 4.79 Å². The molecule has 1 aromatic rings. The molecule has 1 heterocycles. The summed E-state index contributed by atoms with van der Waals surface area (Å²) in [5.41, 5.74) is 1.08.